The van der Waals surface area contributed by atoms with Gasteiger partial charge in [-0.15, -0.1) is 0 Å². The molecule has 21 heavy (non-hydrogen) atoms. The van der Waals surface area contributed by atoms with Gasteiger partial charge in [0.2, 0.25) is 0 Å². The van der Waals surface area contributed by atoms with E-state index in [0.717, 1.165) is 38.9 Å². The van der Waals surface area contributed by atoms with Crippen molar-refractivity contribution in [1.29, 1.82) is 0 Å². The molecule has 0 aromatic heterocycles. The van der Waals surface area contributed by atoms with E-state index in [-0.39, 0.29) is 12.3 Å². The van der Waals surface area contributed by atoms with Gasteiger partial charge in [0, 0.05) is 19.3 Å². The molecule has 0 aromatic rings. The zero-order valence-corrected chi connectivity index (χ0v) is 13.4. The summed E-state index contributed by atoms with van der Waals surface area (Å²) in [5, 5.41) is 0. The summed E-state index contributed by atoms with van der Waals surface area (Å²) >= 11 is 0. The Balaban J connectivity index is 1.81. The molecule has 1 aliphatic rings. The van der Waals surface area contributed by atoms with E-state index in [1.165, 1.54) is 38.2 Å². The van der Waals surface area contributed by atoms with Crippen LogP contribution in [0.3, 0.4) is 0 Å². The Labute approximate surface area is 128 Å². The smallest absolute Gasteiger partial charge is 0.330 e. The molecular formula is C17H30O4. The number of hydrogen-bond acceptors (Lipinski definition) is 4. The molecule has 1 rings (SSSR count). The largest absolute Gasteiger partial charge is 0.463 e. The minimum absolute atomic E-state index is 0.0479. The van der Waals surface area contributed by atoms with Crippen LogP contribution in [0.2, 0.25) is 0 Å². The highest BCUT2D eigenvalue weighted by molar-refractivity contribution is 5.81. The van der Waals surface area contributed by atoms with Gasteiger partial charge in [-0.1, -0.05) is 25.3 Å². The second-order valence-corrected chi connectivity index (χ2v) is 5.38. The van der Waals surface area contributed by atoms with E-state index in [1.54, 1.807) is 0 Å². The number of carbonyl (C=O) groups excluding carboxylic acids is 1. The van der Waals surface area contributed by atoms with Gasteiger partial charge in [-0.3, -0.25) is 0 Å². The summed E-state index contributed by atoms with van der Waals surface area (Å²) in [6.45, 7) is 3.92. The van der Waals surface area contributed by atoms with Crippen molar-refractivity contribution in [3.63, 3.8) is 0 Å². The van der Waals surface area contributed by atoms with Crippen molar-refractivity contribution in [2.75, 3.05) is 19.8 Å². The summed E-state index contributed by atoms with van der Waals surface area (Å²) in [6.07, 6.45) is 13.7. The molecule has 1 aliphatic heterocycles. The normalized spacial score (nSPS) is 19.0. The first-order valence-corrected chi connectivity index (χ1v) is 8.39. The summed E-state index contributed by atoms with van der Waals surface area (Å²) in [6, 6.07) is 0. The van der Waals surface area contributed by atoms with Gasteiger partial charge >= 0.3 is 5.97 Å². The van der Waals surface area contributed by atoms with Crippen LogP contribution in [0.25, 0.3) is 0 Å². The predicted octanol–water partition coefficient (Wildman–Crippen LogP) is 3.99. The van der Waals surface area contributed by atoms with E-state index >= 15 is 0 Å². The first kappa shape index (κ1) is 18.2. The van der Waals surface area contributed by atoms with Gasteiger partial charge in [0.1, 0.15) is 0 Å². The third-order valence-corrected chi connectivity index (χ3v) is 3.50. The molecule has 0 spiro atoms. The van der Waals surface area contributed by atoms with Gasteiger partial charge in [0.05, 0.1) is 6.61 Å². The van der Waals surface area contributed by atoms with Gasteiger partial charge in [-0.2, -0.15) is 0 Å². The fraction of sp³-hybridized carbons (Fsp3) is 0.824. The standard InChI is InChI=1S/C17H30O4/c1-2-19-16(18)12-8-6-4-3-5-7-10-14-20-17-13-9-11-15-21-17/h8,12,17H,2-7,9-11,13-15H2,1H3. The van der Waals surface area contributed by atoms with Gasteiger partial charge < -0.3 is 14.2 Å². The number of unbranched alkanes of at least 4 members (excludes halogenated alkanes) is 5. The lowest BCUT2D eigenvalue weighted by Gasteiger charge is -2.22. The average molecular weight is 298 g/mol. The van der Waals surface area contributed by atoms with Crippen LogP contribution in [0.4, 0.5) is 0 Å². The molecule has 0 N–H and O–H groups in total. The third-order valence-electron chi connectivity index (χ3n) is 3.50. The molecule has 1 fully saturated rings. The van der Waals surface area contributed by atoms with E-state index in [1.807, 2.05) is 13.0 Å². The molecule has 1 heterocycles. The van der Waals surface area contributed by atoms with Gasteiger partial charge in [-0.25, -0.2) is 4.79 Å². The van der Waals surface area contributed by atoms with Crippen molar-refractivity contribution in [3.05, 3.63) is 12.2 Å². The van der Waals surface area contributed by atoms with Gasteiger partial charge in [-0.05, 0) is 45.4 Å². The lowest BCUT2D eigenvalue weighted by molar-refractivity contribution is -0.162. The molecular weight excluding hydrogens is 268 g/mol. The maximum Gasteiger partial charge on any atom is 0.330 e. The monoisotopic (exact) mass is 298 g/mol. The van der Waals surface area contributed by atoms with Crippen LogP contribution in [0.15, 0.2) is 12.2 Å². The molecule has 122 valence electrons. The molecule has 0 radical (unpaired) electrons. The summed E-state index contributed by atoms with van der Waals surface area (Å²) in [7, 11) is 0. The average Bonchev–Trinajstić information content (AvgIpc) is 2.50. The number of hydrogen-bond donors (Lipinski definition) is 0. The Kier molecular flexibility index (Phi) is 11.1. The Hall–Kier alpha value is -0.870. The molecule has 0 aliphatic carbocycles. The van der Waals surface area contributed by atoms with Crippen LogP contribution in [0.5, 0.6) is 0 Å². The van der Waals surface area contributed by atoms with Crippen molar-refractivity contribution in [1.82, 2.24) is 0 Å². The number of allylic oxidation sites excluding steroid dienone is 1. The quantitative estimate of drug-likeness (QED) is 0.329. The van der Waals surface area contributed by atoms with Gasteiger partial charge in [0.15, 0.2) is 6.29 Å². The minimum Gasteiger partial charge on any atom is -0.463 e. The zero-order chi connectivity index (χ0) is 15.2. The molecule has 1 saturated heterocycles. The zero-order valence-electron chi connectivity index (χ0n) is 13.4. The maximum absolute atomic E-state index is 11.0. The Bertz CT molecular complexity index is 283. The van der Waals surface area contributed by atoms with Crippen molar-refractivity contribution in [3.8, 4) is 0 Å². The molecule has 4 nitrogen and oxygen atoms in total. The molecule has 0 amide bonds. The Morgan fingerprint density at radius 1 is 1.19 bits per heavy atom. The van der Waals surface area contributed by atoms with Crippen LogP contribution in [-0.2, 0) is 19.0 Å². The molecule has 4 heteroatoms. The second kappa shape index (κ2) is 12.8. The van der Waals surface area contributed by atoms with Crippen LogP contribution < -0.4 is 0 Å². The van der Waals surface area contributed by atoms with E-state index in [9.17, 15) is 4.79 Å². The number of rotatable bonds is 11. The second-order valence-electron chi connectivity index (χ2n) is 5.38. The lowest BCUT2D eigenvalue weighted by Crippen LogP contribution is -2.22. The number of esters is 1. The SMILES string of the molecule is CCOC(=O)C=CCCCCCCCOC1CCCCO1. The van der Waals surface area contributed by atoms with Crippen molar-refractivity contribution >= 4 is 5.97 Å². The topological polar surface area (TPSA) is 44.8 Å². The highest BCUT2D eigenvalue weighted by Crippen LogP contribution is 2.14. The van der Waals surface area contributed by atoms with Crippen molar-refractivity contribution < 1.29 is 19.0 Å². The fourth-order valence-corrected chi connectivity index (χ4v) is 2.32. The first-order chi connectivity index (χ1) is 10.3. The summed E-state index contributed by atoms with van der Waals surface area (Å²) in [5.41, 5.74) is 0. The Morgan fingerprint density at radius 3 is 2.76 bits per heavy atom. The van der Waals surface area contributed by atoms with Crippen LogP contribution in [0, 0.1) is 0 Å². The fourth-order valence-electron chi connectivity index (χ4n) is 2.32. The number of ether oxygens (including phenoxy) is 3. The minimum atomic E-state index is -0.236. The van der Waals surface area contributed by atoms with Crippen LogP contribution in [-0.4, -0.2) is 32.1 Å². The molecule has 1 unspecified atom stereocenters. The molecule has 1 atom stereocenters. The van der Waals surface area contributed by atoms with Crippen molar-refractivity contribution in [2.24, 2.45) is 0 Å². The first-order valence-electron chi connectivity index (χ1n) is 8.39. The van der Waals surface area contributed by atoms with E-state index < -0.39 is 0 Å². The Morgan fingerprint density at radius 2 is 2.00 bits per heavy atom. The number of carbonyl (C=O) groups is 1. The molecule has 0 aromatic carbocycles. The van der Waals surface area contributed by atoms with Crippen molar-refractivity contribution in [2.45, 2.75) is 71.0 Å². The van der Waals surface area contributed by atoms with E-state index in [2.05, 4.69) is 0 Å². The summed E-state index contributed by atoms with van der Waals surface area (Å²) in [4.78, 5) is 11.0. The molecule has 0 bridgehead atoms. The summed E-state index contributed by atoms with van der Waals surface area (Å²) < 4.78 is 16.0. The highest BCUT2D eigenvalue weighted by atomic mass is 16.7. The van der Waals surface area contributed by atoms with E-state index in [0.29, 0.717) is 6.61 Å². The third kappa shape index (κ3) is 10.5. The van der Waals surface area contributed by atoms with Crippen LogP contribution >= 0.6 is 0 Å². The predicted molar refractivity (Wildman–Crippen MR) is 83.0 cm³/mol. The van der Waals surface area contributed by atoms with E-state index in [4.69, 9.17) is 14.2 Å². The highest BCUT2D eigenvalue weighted by Gasteiger charge is 2.13. The van der Waals surface area contributed by atoms with Crippen LogP contribution in [0.1, 0.15) is 64.7 Å². The maximum atomic E-state index is 11.0. The lowest BCUT2D eigenvalue weighted by atomic mass is 10.1. The summed E-state index contributed by atoms with van der Waals surface area (Å²) in [5.74, 6) is -0.236. The van der Waals surface area contributed by atoms with Gasteiger partial charge in [0.25, 0.3) is 0 Å². The molecule has 0 saturated carbocycles.